The molecule has 2 aromatic rings. The molecule has 0 saturated heterocycles. The van der Waals surface area contributed by atoms with E-state index >= 15 is 0 Å². The maximum atomic E-state index is 12.1. The molecule has 0 aliphatic heterocycles. The zero-order valence-electron chi connectivity index (χ0n) is 14.5. The second kappa shape index (κ2) is 10.8. The minimum Gasteiger partial charge on any atom is -0.491 e. The first-order valence-electron chi connectivity index (χ1n) is 8.22. The summed E-state index contributed by atoms with van der Waals surface area (Å²) in [5, 5.41) is 6.50. The fraction of sp³-hybridized carbons (Fsp3) is 0.263. The summed E-state index contributed by atoms with van der Waals surface area (Å²) in [6.45, 7) is 3.61. The summed E-state index contributed by atoms with van der Waals surface area (Å²) in [5.74, 6) is 0.499. The van der Waals surface area contributed by atoms with Crippen LogP contribution >= 0.6 is 23.8 Å². The van der Waals surface area contributed by atoms with Crippen molar-refractivity contribution in [1.29, 1.82) is 0 Å². The summed E-state index contributed by atoms with van der Waals surface area (Å²) in [6.07, 6.45) is 0.222. The van der Waals surface area contributed by atoms with Crippen LogP contribution in [0, 0.1) is 0 Å². The number of rotatable bonds is 8. The lowest BCUT2D eigenvalue weighted by Gasteiger charge is -2.11. The van der Waals surface area contributed by atoms with E-state index in [0.717, 1.165) is 11.3 Å². The first-order chi connectivity index (χ1) is 12.6. The largest absolute Gasteiger partial charge is 0.491 e. The molecule has 0 radical (unpaired) electrons. The van der Waals surface area contributed by atoms with Gasteiger partial charge in [0.15, 0.2) is 5.11 Å². The van der Waals surface area contributed by atoms with E-state index in [0.29, 0.717) is 30.6 Å². The van der Waals surface area contributed by atoms with Crippen molar-refractivity contribution in [3.05, 3.63) is 59.1 Å². The van der Waals surface area contributed by atoms with Crippen LogP contribution < -0.4 is 15.4 Å². The monoisotopic (exact) mass is 392 g/mol. The molecule has 7 heteroatoms. The summed E-state index contributed by atoms with van der Waals surface area (Å²) in [4.78, 5) is 12.1. The molecule has 138 valence electrons. The summed E-state index contributed by atoms with van der Waals surface area (Å²) in [7, 11) is 0. The van der Waals surface area contributed by atoms with E-state index in [9.17, 15) is 4.79 Å². The van der Waals surface area contributed by atoms with Crippen molar-refractivity contribution >= 4 is 40.5 Å². The van der Waals surface area contributed by atoms with Gasteiger partial charge in [-0.1, -0.05) is 29.8 Å². The molecular formula is C19H21ClN2O3S. The minimum absolute atomic E-state index is 0.200. The Morgan fingerprint density at radius 2 is 1.92 bits per heavy atom. The van der Waals surface area contributed by atoms with Gasteiger partial charge in [-0.15, -0.1) is 0 Å². The lowest BCUT2D eigenvalue weighted by atomic mass is 10.1. The van der Waals surface area contributed by atoms with E-state index in [2.05, 4.69) is 10.6 Å². The smallest absolute Gasteiger partial charge is 0.230 e. The van der Waals surface area contributed by atoms with Crippen LogP contribution in [0.2, 0.25) is 5.02 Å². The Kier molecular flexibility index (Phi) is 8.34. The molecule has 0 aliphatic rings. The van der Waals surface area contributed by atoms with Gasteiger partial charge in [-0.05, 0) is 49.0 Å². The van der Waals surface area contributed by atoms with Crippen molar-refractivity contribution in [3.8, 4) is 5.75 Å². The van der Waals surface area contributed by atoms with Crippen molar-refractivity contribution in [2.24, 2.45) is 0 Å². The number of ether oxygens (including phenoxy) is 2. The van der Waals surface area contributed by atoms with Crippen molar-refractivity contribution in [2.45, 2.75) is 13.3 Å². The number of carbonyl (C=O) groups excluding carboxylic acids is 1. The average Bonchev–Trinajstić information content (AvgIpc) is 2.61. The number of amides is 1. The standard InChI is InChI=1S/C19H21ClN2O3S/c1-2-24-10-11-25-17-5-3-4-16(13-17)21-19(26)22-18(23)12-14-6-8-15(20)9-7-14/h3-9,13H,2,10-12H2,1H3,(H2,21,22,23,26). The molecule has 2 aromatic carbocycles. The summed E-state index contributed by atoms with van der Waals surface area (Å²) >= 11 is 11.0. The number of carbonyl (C=O) groups is 1. The Labute approximate surface area is 163 Å². The first-order valence-corrected chi connectivity index (χ1v) is 9.01. The molecule has 0 aliphatic carbocycles. The fourth-order valence-electron chi connectivity index (χ4n) is 2.15. The van der Waals surface area contributed by atoms with Crippen molar-refractivity contribution in [1.82, 2.24) is 5.32 Å². The van der Waals surface area contributed by atoms with Crippen LogP contribution in [0.25, 0.3) is 0 Å². The SMILES string of the molecule is CCOCCOc1cccc(NC(=S)NC(=O)Cc2ccc(Cl)cc2)c1. The van der Waals surface area contributed by atoms with Gasteiger partial charge in [-0.2, -0.15) is 0 Å². The maximum absolute atomic E-state index is 12.1. The highest BCUT2D eigenvalue weighted by Crippen LogP contribution is 2.17. The molecule has 5 nitrogen and oxygen atoms in total. The van der Waals surface area contributed by atoms with Gasteiger partial charge in [0, 0.05) is 23.4 Å². The van der Waals surface area contributed by atoms with Crippen LogP contribution in [0.3, 0.4) is 0 Å². The van der Waals surface area contributed by atoms with Gasteiger partial charge in [0.1, 0.15) is 12.4 Å². The maximum Gasteiger partial charge on any atom is 0.230 e. The minimum atomic E-state index is -0.200. The number of nitrogens with one attached hydrogen (secondary N) is 2. The topological polar surface area (TPSA) is 59.6 Å². The second-order valence-electron chi connectivity index (χ2n) is 5.38. The lowest BCUT2D eigenvalue weighted by molar-refractivity contribution is -0.119. The van der Waals surface area contributed by atoms with Gasteiger partial charge < -0.3 is 20.1 Å². The van der Waals surface area contributed by atoms with Crippen molar-refractivity contribution < 1.29 is 14.3 Å². The fourth-order valence-corrected chi connectivity index (χ4v) is 2.50. The number of benzene rings is 2. The number of anilines is 1. The predicted molar refractivity (Wildman–Crippen MR) is 108 cm³/mol. The first kappa shape index (κ1) is 20.2. The lowest BCUT2D eigenvalue weighted by Crippen LogP contribution is -2.35. The molecule has 2 rings (SSSR count). The molecule has 0 unspecified atom stereocenters. The van der Waals surface area contributed by atoms with E-state index in [4.69, 9.17) is 33.3 Å². The summed E-state index contributed by atoms with van der Waals surface area (Å²) in [6, 6.07) is 14.4. The predicted octanol–water partition coefficient (Wildman–Crippen LogP) is 3.81. The van der Waals surface area contributed by atoms with Crippen LogP contribution in [0.15, 0.2) is 48.5 Å². The molecule has 0 fully saturated rings. The Balaban J connectivity index is 1.81. The molecule has 0 atom stereocenters. The quantitative estimate of drug-likeness (QED) is 0.528. The Hall–Kier alpha value is -2.15. The van der Waals surface area contributed by atoms with Crippen LogP contribution in [0.1, 0.15) is 12.5 Å². The van der Waals surface area contributed by atoms with Crippen LogP contribution in [0.4, 0.5) is 5.69 Å². The highest BCUT2D eigenvalue weighted by molar-refractivity contribution is 7.80. The number of hydrogen-bond acceptors (Lipinski definition) is 4. The van der Waals surface area contributed by atoms with Gasteiger partial charge in [0.05, 0.1) is 13.0 Å². The normalized spacial score (nSPS) is 10.2. The third kappa shape index (κ3) is 7.39. The Morgan fingerprint density at radius 1 is 1.15 bits per heavy atom. The molecular weight excluding hydrogens is 372 g/mol. The van der Waals surface area contributed by atoms with Gasteiger partial charge in [-0.25, -0.2) is 0 Å². The van der Waals surface area contributed by atoms with Crippen LogP contribution in [0.5, 0.6) is 5.75 Å². The highest BCUT2D eigenvalue weighted by Gasteiger charge is 2.07. The van der Waals surface area contributed by atoms with Crippen molar-refractivity contribution in [3.63, 3.8) is 0 Å². The molecule has 0 aromatic heterocycles. The van der Waals surface area contributed by atoms with Gasteiger partial charge in [0.2, 0.25) is 5.91 Å². The van der Waals surface area contributed by atoms with Gasteiger partial charge in [-0.3, -0.25) is 4.79 Å². The zero-order chi connectivity index (χ0) is 18.8. The van der Waals surface area contributed by atoms with Crippen LogP contribution in [-0.2, 0) is 16.0 Å². The summed E-state index contributed by atoms with van der Waals surface area (Å²) < 4.78 is 10.8. The van der Waals surface area contributed by atoms with E-state index < -0.39 is 0 Å². The second-order valence-corrected chi connectivity index (χ2v) is 6.22. The van der Waals surface area contributed by atoms with Crippen LogP contribution in [-0.4, -0.2) is 30.8 Å². The van der Waals surface area contributed by atoms with Gasteiger partial charge >= 0.3 is 0 Å². The molecule has 2 N–H and O–H groups in total. The Bertz CT molecular complexity index is 738. The molecule has 0 heterocycles. The number of hydrogen-bond donors (Lipinski definition) is 2. The Morgan fingerprint density at radius 3 is 2.65 bits per heavy atom. The molecule has 26 heavy (non-hydrogen) atoms. The number of thiocarbonyl (C=S) groups is 1. The van der Waals surface area contributed by atoms with Gasteiger partial charge in [0.25, 0.3) is 0 Å². The van der Waals surface area contributed by atoms with E-state index in [-0.39, 0.29) is 17.4 Å². The summed E-state index contributed by atoms with van der Waals surface area (Å²) in [5.41, 5.74) is 1.59. The van der Waals surface area contributed by atoms with E-state index in [1.54, 1.807) is 12.1 Å². The number of halogens is 1. The van der Waals surface area contributed by atoms with E-state index in [1.807, 2.05) is 43.3 Å². The molecule has 0 bridgehead atoms. The third-order valence-corrected chi connectivity index (χ3v) is 3.78. The molecule has 1 amide bonds. The molecule has 0 spiro atoms. The zero-order valence-corrected chi connectivity index (χ0v) is 16.0. The molecule has 0 saturated carbocycles. The third-order valence-electron chi connectivity index (χ3n) is 3.32. The average molecular weight is 393 g/mol. The van der Waals surface area contributed by atoms with Crippen molar-refractivity contribution in [2.75, 3.05) is 25.1 Å². The van der Waals surface area contributed by atoms with E-state index in [1.165, 1.54) is 0 Å². The highest BCUT2D eigenvalue weighted by atomic mass is 35.5.